The van der Waals surface area contributed by atoms with Crippen molar-refractivity contribution in [3.63, 3.8) is 0 Å². The van der Waals surface area contributed by atoms with E-state index in [1.807, 2.05) is 159 Å². The van der Waals surface area contributed by atoms with E-state index < -0.39 is 0 Å². The lowest BCUT2D eigenvalue weighted by atomic mass is 10.0. The molecule has 10 aromatic carbocycles. The predicted molar refractivity (Wildman–Crippen MR) is 377 cm³/mol. The van der Waals surface area contributed by atoms with E-state index in [0.29, 0.717) is 11.4 Å². The van der Waals surface area contributed by atoms with Crippen LogP contribution in [0, 0.1) is 0 Å². The zero-order chi connectivity index (χ0) is 64.7. The number of hydrogen-bond donors (Lipinski definition) is 8. The van der Waals surface area contributed by atoms with Gasteiger partial charge in [-0.25, -0.2) is 15.0 Å². The van der Waals surface area contributed by atoms with E-state index in [1.54, 1.807) is 12.4 Å². The molecule has 0 aliphatic heterocycles. The minimum atomic E-state index is 0.703. The Morgan fingerprint density at radius 2 is 0.467 bits per heavy atom. The van der Waals surface area contributed by atoms with Crippen LogP contribution in [0.2, 0.25) is 0 Å². The summed E-state index contributed by atoms with van der Waals surface area (Å²) in [4.78, 5) is 21.0. The number of pyridine rings is 1. The van der Waals surface area contributed by atoms with Crippen LogP contribution in [0.25, 0.3) is 11.1 Å². The number of hydrogen-bond acceptors (Lipinski definition) is 17. The summed E-state index contributed by atoms with van der Waals surface area (Å²) in [6.45, 7) is 0. The SMILES string of the molecule is CN.CN.CN.CN.CN(c1ccc(N)cc1)c1ccc(N)cc1.Nc1ccc(Oc2ccc(N(c3ccccc3)c3ccc(-c4ccc(N(c5ccccc5)c5ccc(Oc6ccc(N)cc6)cc5)cc4)cc3)cc2)cc1.c1ccncc1.c1ncncn1. The summed E-state index contributed by atoms with van der Waals surface area (Å²) < 4.78 is 12.1. The summed E-state index contributed by atoms with van der Waals surface area (Å²) >= 11 is 0. The summed E-state index contributed by atoms with van der Waals surface area (Å²) in [5.74, 6) is 2.98. The van der Waals surface area contributed by atoms with Crippen molar-refractivity contribution in [2.75, 3.05) is 72.9 Å². The molecule has 0 atom stereocenters. The van der Waals surface area contributed by atoms with Crippen LogP contribution in [0.15, 0.2) is 304 Å². The standard InChI is InChI=1S/C48H38N4O2.C13H15N3.C5H5N.C3H3N3.4CH5N/c49-37-15-27-45(28-16-37)53-47-31-23-43(24-32-47)51(39-7-3-1-4-8-39)41-19-11-35(12-20-41)36-13-21-42(22-14-36)52(40-9-5-2-6-10-40)44-25-33-48(34-26-44)54-46-29-17-38(50)18-30-46;1-16(12-6-2-10(14)3-7-12)13-8-4-11(15)5-9-13;1-2-4-6-5-3-1;1-4-2-6-3-5-1;4*1-2/h1-34H,49-50H2;2-9H,14-15H2,1H3;1-5H;1-3H;4*2H2,1H3. The summed E-state index contributed by atoms with van der Waals surface area (Å²) in [5.41, 5.74) is 54.6. The van der Waals surface area contributed by atoms with Crippen LogP contribution in [0.4, 0.5) is 68.2 Å². The summed E-state index contributed by atoms with van der Waals surface area (Å²) in [5, 5.41) is 0. The van der Waals surface area contributed by atoms with E-state index in [2.05, 4.69) is 179 Å². The third-order valence-corrected chi connectivity index (χ3v) is 12.6. The Hall–Kier alpha value is -11.6. The maximum atomic E-state index is 6.06. The third-order valence-electron chi connectivity index (χ3n) is 12.6. The van der Waals surface area contributed by atoms with Crippen molar-refractivity contribution in [1.29, 1.82) is 0 Å². The first-order chi connectivity index (χ1) is 44.2. The molecule has 0 saturated heterocycles. The summed E-state index contributed by atoms with van der Waals surface area (Å²) in [6, 6.07) is 90.4. The number of ether oxygens (including phenoxy) is 2. The van der Waals surface area contributed by atoms with Crippen LogP contribution in [0.3, 0.4) is 0 Å². The molecule has 0 unspecified atom stereocenters. The molecule has 2 heterocycles. The predicted octanol–water partition coefficient (Wildman–Crippen LogP) is 14.9. The highest BCUT2D eigenvalue weighted by Crippen LogP contribution is 2.39. The lowest BCUT2D eigenvalue weighted by molar-refractivity contribution is 0.482. The molecule has 16 N–H and O–H groups in total. The fraction of sp³-hybridized carbons (Fsp3) is 0.0685. The smallest absolute Gasteiger partial charge is 0.127 e. The number of aromatic nitrogens is 4. The molecule has 0 saturated carbocycles. The second kappa shape index (κ2) is 39.2. The fourth-order valence-corrected chi connectivity index (χ4v) is 8.39. The lowest BCUT2D eigenvalue weighted by Crippen LogP contribution is -2.10. The zero-order valence-corrected chi connectivity index (χ0v) is 51.4. The van der Waals surface area contributed by atoms with Crippen molar-refractivity contribution in [2.45, 2.75) is 0 Å². The molecule has 0 aliphatic carbocycles. The lowest BCUT2D eigenvalue weighted by Gasteiger charge is -2.26. The molecular formula is C73H81N15O2. The minimum absolute atomic E-state index is 0.703. The topological polar surface area (TPSA) is 288 Å². The molecule has 0 fully saturated rings. The van der Waals surface area contributed by atoms with Gasteiger partial charge in [0, 0.05) is 87.7 Å². The second-order valence-electron chi connectivity index (χ2n) is 18.3. The molecule has 0 aliphatic rings. The largest absolute Gasteiger partial charge is 0.457 e. The molecule has 17 nitrogen and oxygen atoms in total. The monoisotopic (exact) mass is 1200 g/mol. The van der Waals surface area contributed by atoms with Gasteiger partial charge in [0.05, 0.1) is 0 Å². The summed E-state index contributed by atoms with van der Waals surface area (Å²) in [7, 11) is 8.01. The van der Waals surface area contributed by atoms with E-state index in [4.69, 9.17) is 32.4 Å². The van der Waals surface area contributed by atoms with Gasteiger partial charge in [-0.3, -0.25) is 4.98 Å². The van der Waals surface area contributed by atoms with Gasteiger partial charge < -0.3 is 70.0 Å². The first kappa shape index (κ1) is 69.2. The van der Waals surface area contributed by atoms with Crippen LogP contribution < -0.4 is 70.0 Å². The van der Waals surface area contributed by atoms with Crippen molar-refractivity contribution in [3.8, 4) is 34.1 Å². The van der Waals surface area contributed by atoms with Gasteiger partial charge in [-0.1, -0.05) is 66.7 Å². The molecule has 0 bridgehead atoms. The van der Waals surface area contributed by atoms with Crippen molar-refractivity contribution < 1.29 is 9.47 Å². The maximum Gasteiger partial charge on any atom is 0.127 e. The fourth-order valence-electron chi connectivity index (χ4n) is 8.39. The van der Waals surface area contributed by atoms with Gasteiger partial charge in [0.15, 0.2) is 0 Å². The van der Waals surface area contributed by atoms with Crippen LogP contribution in [-0.4, -0.2) is 55.2 Å². The minimum Gasteiger partial charge on any atom is -0.457 e. The van der Waals surface area contributed by atoms with E-state index >= 15 is 0 Å². The molecule has 12 aromatic rings. The van der Waals surface area contributed by atoms with Crippen molar-refractivity contribution >= 4 is 68.2 Å². The van der Waals surface area contributed by atoms with Crippen LogP contribution in [0.1, 0.15) is 0 Å². The number of rotatable bonds is 13. The van der Waals surface area contributed by atoms with Crippen LogP contribution in [0.5, 0.6) is 23.0 Å². The maximum absolute atomic E-state index is 6.06. The molecular weight excluding hydrogens is 1120 g/mol. The number of benzene rings is 10. The number of para-hydroxylation sites is 2. The number of anilines is 12. The van der Waals surface area contributed by atoms with Gasteiger partial charge in [-0.15, -0.1) is 0 Å². The molecule has 2 aromatic heterocycles. The normalized spacial score (nSPS) is 9.57. The molecule has 0 amide bonds. The van der Waals surface area contributed by atoms with E-state index in [9.17, 15) is 0 Å². The quantitative estimate of drug-likeness (QED) is 0.0498. The van der Waals surface area contributed by atoms with Gasteiger partial charge >= 0.3 is 0 Å². The van der Waals surface area contributed by atoms with Crippen molar-refractivity contribution in [2.24, 2.45) is 22.9 Å². The second-order valence-corrected chi connectivity index (χ2v) is 18.3. The Balaban J connectivity index is 0.000000331. The number of nitrogen functional groups attached to an aromatic ring is 4. The van der Waals surface area contributed by atoms with E-state index in [-0.39, 0.29) is 0 Å². The van der Waals surface area contributed by atoms with Gasteiger partial charge in [0.25, 0.3) is 0 Å². The molecule has 0 spiro atoms. The van der Waals surface area contributed by atoms with Crippen molar-refractivity contribution in [3.05, 3.63) is 304 Å². The Kier molecular flexibility index (Phi) is 30.1. The number of nitrogens with zero attached hydrogens (tertiary/aromatic N) is 7. The summed E-state index contributed by atoms with van der Waals surface area (Å²) in [6.07, 6.45) is 7.81. The molecule has 0 radical (unpaired) electrons. The zero-order valence-electron chi connectivity index (χ0n) is 51.4. The van der Waals surface area contributed by atoms with Gasteiger partial charge in [0.2, 0.25) is 0 Å². The Bertz CT molecular complexity index is 3450. The molecule has 12 rings (SSSR count). The van der Waals surface area contributed by atoms with Gasteiger partial charge in [-0.2, -0.15) is 0 Å². The Morgan fingerprint density at radius 1 is 0.244 bits per heavy atom. The number of nitrogens with two attached hydrogens (primary N) is 8. The molecule has 90 heavy (non-hydrogen) atoms. The Morgan fingerprint density at radius 3 is 0.711 bits per heavy atom. The van der Waals surface area contributed by atoms with Gasteiger partial charge in [0.1, 0.15) is 42.0 Å². The third kappa shape index (κ3) is 22.0. The average molecular weight is 1200 g/mol. The highest BCUT2D eigenvalue weighted by atomic mass is 16.5. The molecule has 460 valence electrons. The first-order valence-electron chi connectivity index (χ1n) is 28.6. The highest BCUT2D eigenvalue weighted by molar-refractivity contribution is 5.81. The van der Waals surface area contributed by atoms with E-state index in [1.165, 1.54) is 47.2 Å². The highest BCUT2D eigenvalue weighted by Gasteiger charge is 2.16. The van der Waals surface area contributed by atoms with Crippen LogP contribution in [-0.2, 0) is 0 Å². The molecule has 17 heteroatoms. The average Bonchev–Trinajstić information content (AvgIpc) is 1.31. The van der Waals surface area contributed by atoms with Crippen molar-refractivity contribution in [1.82, 2.24) is 19.9 Å². The Labute approximate surface area is 529 Å². The van der Waals surface area contributed by atoms with Gasteiger partial charge in [-0.05, 0) is 246 Å². The first-order valence-corrected chi connectivity index (χ1v) is 28.6. The van der Waals surface area contributed by atoms with E-state index in [0.717, 1.165) is 91.0 Å². The van der Waals surface area contributed by atoms with Crippen LogP contribution >= 0.6 is 0 Å².